The van der Waals surface area contributed by atoms with Crippen molar-refractivity contribution < 1.29 is 9.90 Å². The number of nitrogens with one attached hydrogen (secondary N) is 1. The van der Waals surface area contributed by atoms with Crippen molar-refractivity contribution in [1.82, 2.24) is 0 Å². The van der Waals surface area contributed by atoms with E-state index in [2.05, 4.69) is 10.3 Å². The highest BCUT2D eigenvalue weighted by Gasteiger charge is 2.38. The number of aliphatic hydroxyl groups is 1. The molecule has 1 heterocycles. The van der Waals surface area contributed by atoms with Crippen LogP contribution in [0, 0.1) is 0 Å². The number of aliphatic imine (C=N–C) groups is 1. The van der Waals surface area contributed by atoms with Crippen molar-refractivity contribution in [3.8, 4) is 0 Å². The number of hydrogen-bond acceptors (Lipinski definition) is 3. The summed E-state index contributed by atoms with van der Waals surface area (Å²) in [6.45, 7) is 0. The Morgan fingerprint density at radius 3 is 2.42 bits per heavy atom. The molecular formula is C19H17ClN2O2. The zero-order chi connectivity index (χ0) is 17.0. The first-order valence-electron chi connectivity index (χ1n) is 7.61. The maximum atomic E-state index is 12.6. The molecule has 4 nitrogen and oxygen atoms in total. The molecule has 1 aliphatic rings. The average Bonchev–Trinajstić information content (AvgIpc) is 2.63. The molecule has 0 fully saturated rings. The van der Waals surface area contributed by atoms with E-state index in [4.69, 9.17) is 11.6 Å². The van der Waals surface area contributed by atoms with E-state index in [-0.39, 0.29) is 12.3 Å². The fraction of sp³-hybridized carbons (Fsp3) is 0.158. The molecule has 24 heavy (non-hydrogen) atoms. The summed E-state index contributed by atoms with van der Waals surface area (Å²) >= 11 is 6.51. The average molecular weight is 341 g/mol. The molecule has 0 bridgehead atoms. The summed E-state index contributed by atoms with van der Waals surface area (Å²) in [6.07, 6.45) is 2.27. The Balaban J connectivity index is 1.75. The number of carbonyl (C=O) groups is 1. The summed E-state index contributed by atoms with van der Waals surface area (Å²) in [7, 11) is 0. The zero-order valence-corrected chi connectivity index (χ0v) is 13.6. The van der Waals surface area contributed by atoms with Gasteiger partial charge in [-0.2, -0.15) is 0 Å². The minimum atomic E-state index is -1.28. The number of nitrogens with zero attached hydrogens (tertiary/aromatic N) is 1. The number of para-hydroxylation sites is 1. The molecule has 5 heteroatoms. The molecule has 0 aliphatic carbocycles. The van der Waals surface area contributed by atoms with Crippen LogP contribution >= 0.6 is 11.6 Å². The molecular weight excluding hydrogens is 324 g/mol. The first-order chi connectivity index (χ1) is 11.6. The molecule has 2 unspecified atom stereocenters. The van der Waals surface area contributed by atoms with Gasteiger partial charge in [0.1, 0.15) is 11.0 Å². The first kappa shape index (κ1) is 16.4. The van der Waals surface area contributed by atoms with E-state index >= 15 is 0 Å². The lowest BCUT2D eigenvalue weighted by Crippen LogP contribution is -2.40. The minimum Gasteiger partial charge on any atom is -0.382 e. The fourth-order valence-corrected chi connectivity index (χ4v) is 2.77. The molecule has 2 aromatic rings. The molecule has 1 aliphatic heterocycles. The first-order valence-corrected chi connectivity index (χ1v) is 7.99. The predicted octanol–water partition coefficient (Wildman–Crippen LogP) is 3.69. The van der Waals surface area contributed by atoms with E-state index in [0.29, 0.717) is 17.0 Å². The second-order valence-corrected chi connectivity index (χ2v) is 6.28. The van der Waals surface area contributed by atoms with Crippen LogP contribution in [0.2, 0.25) is 0 Å². The standard InChI is InChI=1S/C19H17ClN2O2/c20-19(18(24)22-15-9-5-2-6-10-15)11-12-21-16(13-19)17(23)14-7-3-1-4-8-14/h1-12,17,23H,13H2,(H,22,24). The molecule has 3 rings (SSSR count). The number of hydrogen-bond donors (Lipinski definition) is 2. The lowest BCUT2D eigenvalue weighted by Gasteiger charge is -2.27. The van der Waals surface area contributed by atoms with Gasteiger partial charge in [0, 0.05) is 18.3 Å². The normalized spacial score (nSPS) is 21.0. The van der Waals surface area contributed by atoms with E-state index < -0.39 is 11.0 Å². The van der Waals surface area contributed by atoms with Crippen LogP contribution in [0.1, 0.15) is 18.1 Å². The predicted molar refractivity (Wildman–Crippen MR) is 96.2 cm³/mol. The summed E-state index contributed by atoms with van der Waals surface area (Å²) in [5.74, 6) is -0.348. The Morgan fingerprint density at radius 2 is 1.75 bits per heavy atom. The number of halogens is 1. The lowest BCUT2D eigenvalue weighted by molar-refractivity contribution is -0.117. The van der Waals surface area contributed by atoms with Crippen LogP contribution in [0.3, 0.4) is 0 Å². The van der Waals surface area contributed by atoms with Gasteiger partial charge >= 0.3 is 0 Å². The SMILES string of the molecule is O=C(Nc1ccccc1)C1(Cl)C=CN=C(C(O)c2ccccc2)C1. The summed E-state index contributed by atoms with van der Waals surface area (Å²) in [5, 5.41) is 13.3. The number of anilines is 1. The highest BCUT2D eigenvalue weighted by atomic mass is 35.5. The van der Waals surface area contributed by atoms with Gasteiger partial charge in [-0.3, -0.25) is 9.79 Å². The Kier molecular flexibility index (Phi) is 4.79. The van der Waals surface area contributed by atoms with Gasteiger partial charge in [0.15, 0.2) is 0 Å². The highest BCUT2D eigenvalue weighted by molar-refractivity contribution is 6.39. The van der Waals surface area contributed by atoms with E-state index in [1.165, 1.54) is 6.20 Å². The van der Waals surface area contributed by atoms with Crippen molar-refractivity contribution in [2.45, 2.75) is 17.4 Å². The van der Waals surface area contributed by atoms with Crippen molar-refractivity contribution in [1.29, 1.82) is 0 Å². The number of alkyl halides is 1. The summed E-state index contributed by atoms with van der Waals surface area (Å²) in [5.41, 5.74) is 1.85. The highest BCUT2D eigenvalue weighted by Crippen LogP contribution is 2.31. The van der Waals surface area contributed by atoms with Crippen molar-refractivity contribution in [3.63, 3.8) is 0 Å². The van der Waals surface area contributed by atoms with Crippen molar-refractivity contribution in [2.75, 3.05) is 5.32 Å². The molecule has 122 valence electrons. The molecule has 2 N–H and O–H groups in total. The van der Waals surface area contributed by atoms with Gasteiger partial charge in [0.05, 0.1) is 5.71 Å². The molecule has 0 saturated heterocycles. The Hall–Kier alpha value is -2.43. The van der Waals surface area contributed by atoms with Gasteiger partial charge in [-0.05, 0) is 23.8 Å². The Labute approximate surface area is 145 Å². The van der Waals surface area contributed by atoms with Gasteiger partial charge in [-0.25, -0.2) is 0 Å². The van der Waals surface area contributed by atoms with Gasteiger partial charge in [0.2, 0.25) is 5.91 Å². The third-order valence-corrected chi connectivity index (χ3v) is 4.29. The summed E-state index contributed by atoms with van der Waals surface area (Å²) in [4.78, 5) is 15.5. The van der Waals surface area contributed by atoms with Crippen LogP contribution in [0.5, 0.6) is 0 Å². The number of amides is 1. The fourth-order valence-electron chi connectivity index (χ4n) is 2.53. The van der Waals surface area contributed by atoms with Gasteiger partial charge < -0.3 is 10.4 Å². The van der Waals surface area contributed by atoms with E-state index in [0.717, 1.165) is 0 Å². The lowest BCUT2D eigenvalue weighted by atomic mass is 9.92. The second-order valence-electron chi connectivity index (χ2n) is 5.61. The molecule has 0 saturated carbocycles. The van der Waals surface area contributed by atoms with Crippen LogP contribution in [-0.2, 0) is 4.79 Å². The third-order valence-electron chi connectivity index (χ3n) is 3.86. The van der Waals surface area contributed by atoms with Gasteiger partial charge in [0.25, 0.3) is 0 Å². The Morgan fingerprint density at radius 1 is 1.12 bits per heavy atom. The Bertz CT molecular complexity index is 774. The number of benzene rings is 2. The molecule has 0 radical (unpaired) electrons. The van der Waals surface area contributed by atoms with Crippen LogP contribution < -0.4 is 5.32 Å². The van der Waals surface area contributed by atoms with Crippen LogP contribution in [0.15, 0.2) is 77.9 Å². The van der Waals surface area contributed by atoms with E-state index in [1.54, 1.807) is 18.2 Å². The van der Waals surface area contributed by atoms with Crippen molar-refractivity contribution >= 4 is 28.9 Å². The van der Waals surface area contributed by atoms with Crippen LogP contribution in [-0.4, -0.2) is 21.6 Å². The zero-order valence-electron chi connectivity index (χ0n) is 12.9. The summed E-state index contributed by atoms with van der Waals surface area (Å²) in [6, 6.07) is 18.3. The van der Waals surface area contributed by atoms with E-state index in [9.17, 15) is 9.90 Å². The topological polar surface area (TPSA) is 61.7 Å². The number of carbonyl (C=O) groups excluding carboxylic acids is 1. The smallest absolute Gasteiger partial charge is 0.249 e. The molecule has 0 spiro atoms. The monoisotopic (exact) mass is 340 g/mol. The van der Waals surface area contributed by atoms with Crippen LogP contribution in [0.25, 0.3) is 0 Å². The van der Waals surface area contributed by atoms with Crippen LogP contribution in [0.4, 0.5) is 5.69 Å². The van der Waals surface area contributed by atoms with Gasteiger partial charge in [-0.15, -0.1) is 11.6 Å². The summed E-state index contributed by atoms with van der Waals surface area (Å²) < 4.78 is 0. The quantitative estimate of drug-likeness (QED) is 0.834. The van der Waals surface area contributed by atoms with Crippen molar-refractivity contribution in [2.24, 2.45) is 4.99 Å². The number of rotatable bonds is 4. The third kappa shape index (κ3) is 3.55. The molecule has 0 aromatic heterocycles. The largest absolute Gasteiger partial charge is 0.382 e. The molecule has 2 atom stereocenters. The van der Waals surface area contributed by atoms with Gasteiger partial charge in [-0.1, -0.05) is 48.5 Å². The molecule has 1 amide bonds. The maximum Gasteiger partial charge on any atom is 0.249 e. The van der Waals surface area contributed by atoms with Crippen molar-refractivity contribution in [3.05, 3.63) is 78.5 Å². The number of aliphatic hydroxyl groups excluding tert-OH is 1. The molecule has 2 aromatic carbocycles. The van der Waals surface area contributed by atoms with E-state index in [1.807, 2.05) is 48.5 Å². The second kappa shape index (κ2) is 6.99. The minimum absolute atomic E-state index is 0.139. The maximum absolute atomic E-state index is 12.6.